The van der Waals surface area contributed by atoms with E-state index in [-0.39, 0.29) is 108 Å². The van der Waals surface area contributed by atoms with Gasteiger partial charge in [0.1, 0.15) is 30.8 Å². The number of carbonyl (C=O) groups is 5. The number of nitrogens with one attached hydrogen (secondary N) is 2. The maximum atomic E-state index is 14.6. The smallest absolute Gasteiger partial charge is 0.305 e. The van der Waals surface area contributed by atoms with E-state index < -0.39 is 53.9 Å². The van der Waals surface area contributed by atoms with Gasteiger partial charge in [-0.05, 0) is 102 Å². The SMILES string of the molecule is Cc1ncsc1-c1ccc(CNC(=O)[C@@H]2C[C@@H](O)CN2C(=O)[C@@H](CC(=O)COCCOCCOCCOCCOc2ccc(NC(=O)c3c(-c4ccccc4)c(-c4ccc(F)cc4)n(CC[C@@H](O)C[C@@H](O)CC(=O)O)c3C(C)C)cc2)C(C)(C)C)cc1. The number of aliphatic hydroxyl groups excluding tert-OH is 3. The lowest BCUT2D eigenvalue weighted by atomic mass is 9.77. The molecule has 87 heavy (non-hydrogen) atoms. The first-order valence-corrected chi connectivity index (χ1v) is 30.3. The fraction of sp³-hybridized carbons (Fsp3) is 0.455. The van der Waals surface area contributed by atoms with Crippen LogP contribution < -0.4 is 15.4 Å². The molecule has 0 saturated carbocycles. The van der Waals surface area contributed by atoms with E-state index in [4.69, 9.17) is 28.8 Å². The number of aliphatic hydroxyl groups is 3. The van der Waals surface area contributed by atoms with Crippen LogP contribution in [0.1, 0.15) is 99.9 Å². The van der Waals surface area contributed by atoms with Gasteiger partial charge in [-0.25, -0.2) is 9.37 Å². The molecule has 1 fully saturated rings. The van der Waals surface area contributed by atoms with Crippen molar-refractivity contribution in [1.29, 1.82) is 0 Å². The molecule has 19 nitrogen and oxygen atoms in total. The predicted molar refractivity (Wildman–Crippen MR) is 329 cm³/mol. The lowest BCUT2D eigenvalue weighted by Crippen LogP contribution is -2.50. The fourth-order valence-corrected chi connectivity index (χ4v) is 11.4. The zero-order chi connectivity index (χ0) is 62.6. The molecule has 6 N–H and O–H groups in total. The summed E-state index contributed by atoms with van der Waals surface area (Å²) in [6.45, 7) is 13.9. The van der Waals surface area contributed by atoms with Crippen LogP contribution in [-0.2, 0) is 51.2 Å². The molecule has 0 aliphatic carbocycles. The van der Waals surface area contributed by atoms with Crippen molar-refractivity contribution < 1.29 is 72.5 Å². The van der Waals surface area contributed by atoms with Crippen LogP contribution in [0.2, 0.25) is 0 Å². The molecule has 4 aromatic carbocycles. The second kappa shape index (κ2) is 32.7. The Bertz CT molecular complexity index is 3180. The third kappa shape index (κ3) is 19.6. The van der Waals surface area contributed by atoms with Crippen molar-refractivity contribution >= 4 is 46.5 Å². The number of aryl methyl sites for hydroxylation is 1. The van der Waals surface area contributed by atoms with Crippen molar-refractivity contribution in [3.63, 3.8) is 0 Å². The number of carboxylic acid groups (broad SMARTS) is 1. The van der Waals surface area contributed by atoms with Gasteiger partial charge in [-0.1, -0.05) is 89.2 Å². The third-order valence-corrected chi connectivity index (χ3v) is 15.9. The van der Waals surface area contributed by atoms with Crippen molar-refractivity contribution in [2.75, 3.05) is 71.3 Å². The van der Waals surface area contributed by atoms with Crippen LogP contribution in [0.25, 0.3) is 32.8 Å². The minimum atomic E-state index is -1.24. The van der Waals surface area contributed by atoms with Gasteiger partial charge in [0.25, 0.3) is 5.91 Å². The summed E-state index contributed by atoms with van der Waals surface area (Å²) in [5, 5.41) is 47.0. The molecule has 7 rings (SSSR count). The number of nitrogens with zero attached hydrogens (tertiary/aromatic N) is 3. The molecule has 5 atom stereocenters. The second-order valence-electron chi connectivity index (χ2n) is 23.0. The summed E-state index contributed by atoms with van der Waals surface area (Å²) in [5.41, 5.74) is 8.31. The summed E-state index contributed by atoms with van der Waals surface area (Å²) in [7, 11) is 0. The molecule has 1 aliphatic heterocycles. The summed E-state index contributed by atoms with van der Waals surface area (Å²) >= 11 is 1.57. The number of β-amino-alcohol motifs (C(OH)–C–C–N with tert-alkyl or cyclic N) is 1. The van der Waals surface area contributed by atoms with E-state index in [1.54, 1.807) is 53.2 Å². The highest BCUT2D eigenvalue weighted by molar-refractivity contribution is 7.13. The summed E-state index contributed by atoms with van der Waals surface area (Å²) in [4.78, 5) is 73.3. The molecule has 6 aromatic rings. The molecule has 1 aliphatic rings. The molecular weight excluding hydrogens is 1140 g/mol. The minimum absolute atomic E-state index is 0.000332. The standard InChI is InChI=1S/C66H82FN5O14S/c1-42(2)60-59(58(45-10-8-7-9-11-45)61(46-16-18-48(67)19-17-46)71(60)25-24-50(73)34-51(74)37-57(77)78)64(80)70-49-20-22-54(23-21-49)86-33-32-84-29-28-82-26-27-83-30-31-85-40-53(76)35-55(66(4,5)6)65(81)72-39-52(75)36-56(72)63(79)68-38-44-12-14-47(15-13-44)62-43(3)69-41-87-62/h7-23,41-42,50-52,55-56,73-75H,24-40H2,1-6H3,(H,68,79)(H,70,80)(H,77,78)/t50-,51-,52-,55-,56+/m1/s1. The number of likely N-dealkylation sites (tertiary alicyclic amines) is 1. The topological polar surface area (TPSA) is 258 Å². The van der Waals surface area contributed by atoms with Crippen LogP contribution >= 0.6 is 11.3 Å². The normalized spacial score (nSPS) is 15.3. The van der Waals surface area contributed by atoms with E-state index >= 15 is 0 Å². The van der Waals surface area contributed by atoms with Crippen LogP contribution in [-0.4, -0.2) is 155 Å². The van der Waals surface area contributed by atoms with E-state index in [1.165, 1.54) is 17.0 Å². The minimum Gasteiger partial charge on any atom is -0.491 e. The van der Waals surface area contributed by atoms with E-state index in [2.05, 4.69) is 15.6 Å². The van der Waals surface area contributed by atoms with Crippen molar-refractivity contribution in [2.45, 2.75) is 117 Å². The van der Waals surface area contributed by atoms with Crippen molar-refractivity contribution in [3.8, 4) is 38.6 Å². The molecule has 0 radical (unpaired) electrons. The summed E-state index contributed by atoms with van der Waals surface area (Å²) in [6.07, 6.45) is -3.65. The van der Waals surface area contributed by atoms with Gasteiger partial charge < -0.3 is 64.2 Å². The molecule has 3 heterocycles. The Kier molecular flexibility index (Phi) is 25.3. The van der Waals surface area contributed by atoms with Crippen molar-refractivity contribution in [1.82, 2.24) is 19.8 Å². The monoisotopic (exact) mass is 1220 g/mol. The molecule has 1 saturated heterocycles. The molecule has 0 bridgehead atoms. The van der Waals surface area contributed by atoms with Gasteiger partial charge in [0.15, 0.2) is 5.78 Å². The number of ether oxygens (including phenoxy) is 5. The number of benzene rings is 4. The van der Waals surface area contributed by atoms with Crippen LogP contribution in [0.15, 0.2) is 109 Å². The number of thiazole rings is 1. The summed E-state index contributed by atoms with van der Waals surface area (Å²) < 4.78 is 44.7. The van der Waals surface area contributed by atoms with Gasteiger partial charge in [-0.2, -0.15) is 0 Å². The van der Waals surface area contributed by atoms with Gasteiger partial charge in [0, 0.05) is 55.3 Å². The number of ketones is 1. The number of rotatable bonds is 34. The van der Waals surface area contributed by atoms with Crippen molar-refractivity contribution in [3.05, 3.63) is 137 Å². The third-order valence-electron chi connectivity index (χ3n) is 15.0. The highest BCUT2D eigenvalue weighted by Gasteiger charge is 2.44. The number of hydrogen-bond acceptors (Lipinski definition) is 15. The number of Topliss-reactive ketones (excluding diaryl/α,β-unsaturated/α-hetero) is 1. The van der Waals surface area contributed by atoms with Crippen LogP contribution in [0.4, 0.5) is 10.1 Å². The number of amides is 3. The number of aliphatic carboxylic acids is 1. The zero-order valence-electron chi connectivity index (χ0n) is 50.4. The average molecular weight is 1220 g/mol. The largest absolute Gasteiger partial charge is 0.491 e. The summed E-state index contributed by atoms with van der Waals surface area (Å²) in [6, 6.07) is 29.3. The molecule has 468 valence electrons. The van der Waals surface area contributed by atoms with Gasteiger partial charge in [0.05, 0.1) is 98.3 Å². The van der Waals surface area contributed by atoms with E-state index in [0.29, 0.717) is 65.9 Å². The van der Waals surface area contributed by atoms with Crippen molar-refractivity contribution in [2.24, 2.45) is 11.3 Å². The Morgan fingerprint density at radius 3 is 1.99 bits per heavy atom. The molecule has 3 amide bonds. The Morgan fingerprint density at radius 1 is 0.770 bits per heavy atom. The first-order chi connectivity index (χ1) is 41.7. The molecule has 0 unspecified atom stereocenters. The average Bonchev–Trinajstić information content (AvgIpc) is 1.64. The maximum absolute atomic E-state index is 14.6. The Morgan fingerprint density at radius 2 is 1.39 bits per heavy atom. The van der Waals surface area contributed by atoms with Gasteiger partial charge in [-0.3, -0.25) is 24.0 Å². The Balaban J connectivity index is 0.794. The molecular formula is C66H82FN5O14S. The van der Waals surface area contributed by atoms with Gasteiger partial charge in [-0.15, -0.1) is 11.3 Å². The second-order valence-corrected chi connectivity index (χ2v) is 23.9. The number of anilines is 1. The first-order valence-electron chi connectivity index (χ1n) is 29.5. The Labute approximate surface area is 511 Å². The highest BCUT2D eigenvalue weighted by atomic mass is 32.1. The molecule has 21 heteroatoms. The number of aromatic nitrogens is 2. The lowest BCUT2D eigenvalue weighted by molar-refractivity contribution is -0.146. The lowest BCUT2D eigenvalue weighted by Gasteiger charge is -2.34. The number of halogens is 1. The van der Waals surface area contributed by atoms with E-state index in [0.717, 1.165) is 27.3 Å². The highest BCUT2D eigenvalue weighted by Crippen LogP contribution is 2.43. The van der Waals surface area contributed by atoms with E-state index in [1.807, 2.05) is 101 Å². The Hall–Kier alpha value is -7.21. The number of carboxylic acids is 1. The van der Waals surface area contributed by atoms with Gasteiger partial charge in [0.2, 0.25) is 11.8 Å². The van der Waals surface area contributed by atoms with Gasteiger partial charge >= 0.3 is 5.97 Å². The quantitative estimate of drug-likeness (QED) is 0.0206. The van der Waals surface area contributed by atoms with Crippen LogP contribution in [0.3, 0.4) is 0 Å². The molecule has 2 aromatic heterocycles. The number of hydrogen-bond donors (Lipinski definition) is 6. The van der Waals surface area contributed by atoms with Crippen LogP contribution in [0, 0.1) is 24.1 Å². The van der Waals surface area contributed by atoms with Crippen LogP contribution in [0.5, 0.6) is 5.75 Å². The zero-order valence-corrected chi connectivity index (χ0v) is 51.2. The first kappa shape index (κ1) is 67.3. The maximum Gasteiger partial charge on any atom is 0.305 e. The van der Waals surface area contributed by atoms with E-state index in [9.17, 15) is 43.7 Å². The number of carbonyl (C=O) groups excluding carboxylic acids is 4. The summed E-state index contributed by atoms with van der Waals surface area (Å²) in [5.74, 6) is -3.37. The predicted octanol–water partition coefficient (Wildman–Crippen LogP) is 9.09. The fourth-order valence-electron chi connectivity index (χ4n) is 10.6. The molecule has 0 spiro atoms.